The number of carbonyl (C=O) groups is 3. The molecule has 8 nitrogen and oxygen atoms in total. The summed E-state index contributed by atoms with van der Waals surface area (Å²) >= 11 is 1.30. The van der Waals surface area contributed by atoms with Crippen molar-refractivity contribution in [3.8, 4) is 0 Å². The van der Waals surface area contributed by atoms with Crippen LogP contribution >= 0.6 is 11.8 Å². The largest absolute Gasteiger partial charge is 0.466 e. The minimum Gasteiger partial charge on any atom is -0.466 e. The van der Waals surface area contributed by atoms with Crippen LogP contribution < -0.4 is 5.73 Å². The number of carbonyl (C=O) groups excluding carboxylic acids is 3. The van der Waals surface area contributed by atoms with Crippen LogP contribution in [0.1, 0.15) is 41.5 Å². The summed E-state index contributed by atoms with van der Waals surface area (Å²) in [6, 6.07) is -0.566. The Hall–Kier alpha value is -1.32. The molecule has 1 rings (SSSR count). The van der Waals surface area contributed by atoms with E-state index in [1.54, 1.807) is 0 Å². The van der Waals surface area contributed by atoms with Gasteiger partial charge in [0.15, 0.2) is 0 Å². The van der Waals surface area contributed by atoms with Crippen molar-refractivity contribution in [2.45, 2.75) is 64.7 Å². The first-order valence-corrected chi connectivity index (χ1v) is 10.5. The molecule has 3 unspecified atom stereocenters. The Kier molecular flexibility index (Phi) is 9.23. The molecule has 0 radical (unpaired) electrons. The number of hydrogen-bond acceptors (Lipinski definition) is 9. The molecule has 0 aromatic rings. The van der Waals surface area contributed by atoms with E-state index < -0.39 is 41.1 Å². The van der Waals surface area contributed by atoms with E-state index in [-0.39, 0.29) is 24.4 Å². The number of esters is 3. The van der Waals surface area contributed by atoms with E-state index in [1.165, 1.54) is 32.7 Å². The lowest BCUT2D eigenvalue weighted by Crippen LogP contribution is -2.66. The van der Waals surface area contributed by atoms with Crippen molar-refractivity contribution in [2.24, 2.45) is 23.5 Å². The molecule has 162 valence electrons. The standard InChI is InChI=1S/C19H33NO7S/c1-8-28-19(18(23)24-7)17(20)11(3)10(2)16(27-19)12(4)15(26-14(6)22)9-25-13(5)21/h10-12,15-17H,8-9,20H2,1-7H3/t10-,11+,12-,15-,16?,17?,19?/m1/s1. The molecule has 1 aliphatic heterocycles. The lowest BCUT2D eigenvalue weighted by Gasteiger charge is -2.51. The van der Waals surface area contributed by atoms with Crippen LogP contribution in [0.2, 0.25) is 0 Å². The van der Waals surface area contributed by atoms with E-state index in [1.807, 2.05) is 27.7 Å². The normalized spacial score (nSPS) is 32.1. The molecule has 1 aliphatic rings. The van der Waals surface area contributed by atoms with Crippen molar-refractivity contribution < 1.29 is 33.3 Å². The van der Waals surface area contributed by atoms with Gasteiger partial charge in [0.1, 0.15) is 12.7 Å². The Balaban J connectivity index is 3.23. The quantitative estimate of drug-likeness (QED) is 0.464. The lowest BCUT2D eigenvalue weighted by atomic mass is 9.75. The molecule has 0 saturated carbocycles. The van der Waals surface area contributed by atoms with Crippen LogP contribution in [0.25, 0.3) is 0 Å². The average molecular weight is 420 g/mol. The van der Waals surface area contributed by atoms with Crippen LogP contribution in [0.4, 0.5) is 0 Å². The zero-order chi connectivity index (χ0) is 21.6. The Morgan fingerprint density at radius 3 is 2.25 bits per heavy atom. The van der Waals surface area contributed by atoms with Gasteiger partial charge in [-0.2, -0.15) is 0 Å². The van der Waals surface area contributed by atoms with Crippen molar-refractivity contribution >= 4 is 29.7 Å². The van der Waals surface area contributed by atoms with Gasteiger partial charge in [0, 0.05) is 19.8 Å². The van der Waals surface area contributed by atoms with Gasteiger partial charge in [-0.15, -0.1) is 11.8 Å². The summed E-state index contributed by atoms with van der Waals surface area (Å²) in [7, 11) is 1.31. The maximum atomic E-state index is 12.7. The van der Waals surface area contributed by atoms with Crippen LogP contribution in [-0.4, -0.2) is 60.6 Å². The number of methoxy groups -OCH3 is 1. The van der Waals surface area contributed by atoms with E-state index >= 15 is 0 Å². The van der Waals surface area contributed by atoms with E-state index in [4.69, 9.17) is 24.7 Å². The third-order valence-corrected chi connectivity index (χ3v) is 6.62. The van der Waals surface area contributed by atoms with E-state index in [2.05, 4.69) is 0 Å². The third kappa shape index (κ3) is 5.39. The van der Waals surface area contributed by atoms with Crippen LogP contribution in [0.15, 0.2) is 0 Å². The SMILES string of the molecule is CCSC1(C(=O)OC)OC([C@H](C)[C@@H](COC(C)=O)OC(C)=O)[C@H](C)[C@H](C)C1N. The Labute approximate surface area is 171 Å². The highest BCUT2D eigenvalue weighted by atomic mass is 32.2. The summed E-state index contributed by atoms with van der Waals surface area (Å²) in [5.74, 6) is -1.34. The van der Waals surface area contributed by atoms with Gasteiger partial charge >= 0.3 is 17.9 Å². The van der Waals surface area contributed by atoms with Crippen molar-refractivity contribution in [2.75, 3.05) is 19.5 Å². The first kappa shape index (κ1) is 24.7. The molecule has 0 aliphatic carbocycles. The Morgan fingerprint density at radius 2 is 1.79 bits per heavy atom. The molecular weight excluding hydrogens is 386 g/mol. The maximum Gasteiger partial charge on any atom is 0.350 e. The second-order valence-electron chi connectivity index (χ2n) is 7.23. The molecule has 0 spiro atoms. The minimum absolute atomic E-state index is 0.0318. The highest BCUT2D eigenvalue weighted by Crippen LogP contribution is 2.46. The molecule has 1 fully saturated rings. The molecular formula is C19H33NO7S. The summed E-state index contributed by atoms with van der Waals surface area (Å²) in [6.45, 7) is 10.2. The molecule has 2 N–H and O–H groups in total. The van der Waals surface area contributed by atoms with Gasteiger partial charge < -0.3 is 24.7 Å². The zero-order valence-electron chi connectivity index (χ0n) is 17.7. The summed E-state index contributed by atoms with van der Waals surface area (Å²) < 4.78 is 21.8. The van der Waals surface area contributed by atoms with Gasteiger partial charge in [0.2, 0.25) is 4.93 Å². The molecule has 1 saturated heterocycles. The molecule has 0 aromatic heterocycles. The fourth-order valence-electron chi connectivity index (χ4n) is 3.59. The molecule has 0 amide bonds. The van der Waals surface area contributed by atoms with Gasteiger partial charge in [-0.1, -0.05) is 27.7 Å². The Bertz CT molecular complexity index is 572. The fraction of sp³-hybridized carbons (Fsp3) is 0.842. The van der Waals surface area contributed by atoms with Crippen molar-refractivity contribution in [1.82, 2.24) is 0 Å². The molecule has 28 heavy (non-hydrogen) atoms. The fourth-order valence-corrected chi connectivity index (χ4v) is 4.81. The van der Waals surface area contributed by atoms with Crippen LogP contribution in [0.3, 0.4) is 0 Å². The predicted octanol–water partition coefficient (Wildman–Crippen LogP) is 1.74. The lowest BCUT2D eigenvalue weighted by molar-refractivity contribution is -0.201. The number of hydrogen-bond donors (Lipinski definition) is 1. The van der Waals surface area contributed by atoms with Crippen molar-refractivity contribution in [3.63, 3.8) is 0 Å². The molecule has 9 heteroatoms. The van der Waals surface area contributed by atoms with Gasteiger partial charge in [-0.3, -0.25) is 9.59 Å². The number of thioether (sulfide) groups is 1. The van der Waals surface area contributed by atoms with Crippen LogP contribution in [0, 0.1) is 17.8 Å². The monoisotopic (exact) mass is 419 g/mol. The average Bonchev–Trinajstić information content (AvgIpc) is 2.64. The summed E-state index contributed by atoms with van der Waals surface area (Å²) in [6.07, 6.45) is -1.18. The second-order valence-corrected chi connectivity index (χ2v) is 8.70. The highest BCUT2D eigenvalue weighted by Gasteiger charge is 2.57. The molecule has 0 bridgehead atoms. The highest BCUT2D eigenvalue weighted by molar-refractivity contribution is 8.01. The second kappa shape index (κ2) is 10.5. The summed E-state index contributed by atoms with van der Waals surface area (Å²) in [5, 5.41) is 0. The van der Waals surface area contributed by atoms with Gasteiger partial charge in [0.25, 0.3) is 0 Å². The summed E-state index contributed by atoms with van der Waals surface area (Å²) in [4.78, 5) is 34.1. The third-order valence-electron chi connectivity index (χ3n) is 5.37. The first-order valence-electron chi connectivity index (χ1n) is 9.48. The number of rotatable bonds is 8. The van der Waals surface area contributed by atoms with E-state index in [9.17, 15) is 14.4 Å². The van der Waals surface area contributed by atoms with Crippen LogP contribution in [-0.2, 0) is 33.3 Å². The molecule has 1 heterocycles. The van der Waals surface area contributed by atoms with Crippen molar-refractivity contribution in [3.05, 3.63) is 0 Å². The van der Waals surface area contributed by atoms with Gasteiger partial charge in [-0.25, -0.2) is 4.79 Å². The van der Waals surface area contributed by atoms with Crippen molar-refractivity contribution in [1.29, 1.82) is 0 Å². The van der Waals surface area contributed by atoms with E-state index in [0.717, 1.165) is 0 Å². The van der Waals surface area contributed by atoms with Gasteiger partial charge in [-0.05, 0) is 17.6 Å². The minimum atomic E-state index is -1.35. The predicted molar refractivity (Wildman–Crippen MR) is 105 cm³/mol. The summed E-state index contributed by atoms with van der Waals surface area (Å²) in [5.41, 5.74) is 6.43. The van der Waals surface area contributed by atoms with Gasteiger partial charge in [0.05, 0.1) is 19.3 Å². The van der Waals surface area contributed by atoms with Crippen LogP contribution in [0.5, 0.6) is 0 Å². The number of ether oxygens (including phenoxy) is 4. The number of nitrogens with two attached hydrogens (primary N) is 1. The first-order chi connectivity index (χ1) is 13.0. The Morgan fingerprint density at radius 1 is 1.18 bits per heavy atom. The van der Waals surface area contributed by atoms with E-state index in [0.29, 0.717) is 5.75 Å². The zero-order valence-corrected chi connectivity index (χ0v) is 18.5. The smallest absolute Gasteiger partial charge is 0.350 e. The maximum absolute atomic E-state index is 12.7. The molecule has 0 aromatic carbocycles. The topological polar surface area (TPSA) is 114 Å². The molecule has 7 atom stereocenters.